The summed E-state index contributed by atoms with van der Waals surface area (Å²) in [7, 11) is 0. The summed E-state index contributed by atoms with van der Waals surface area (Å²) in [4.78, 5) is 4.58. The van der Waals surface area contributed by atoms with Crippen LogP contribution in [0, 0.1) is 0 Å². The Balaban J connectivity index is 2.01. The SMILES string of the molecule is CCC(C)NC1=NC=C(c2ccc(C(F)(F)F)cc2)c2ccccc2C1. The Morgan fingerprint density at radius 2 is 1.77 bits per heavy atom. The lowest BCUT2D eigenvalue weighted by Gasteiger charge is -2.15. The van der Waals surface area contributed by atoms with Gasteiger partial charge in [0.1, 0.15) is 5.84 Å². The van der Waals surface area contributed by atoms with Gasteiger partial charge in [-0.2, -0.15) is 13.2 Å². The number of benzene rings is 2. The van der Waals surface area contributed by atoms with Crippen molar-refractivity contribution in [3.05, 3.63) is 77.0 Å². The van der Waals surface area contributed by atoms with Crippen LogP contribution in [0.5, 0.6) is 0 Å². The lowest BCUT2D eigenvalue weighted by Crippen LogP contribution is -2.33. The molecule has 0 amide bonds. The van der Waals surface area contributed by atoms with Gasteiger partial charge in [0.2, 0.25) is 0 Å². The molecule has 1 unspecified atom stereocenters. The van der Waals surface area contributed by atoms with Crippen LogP contribution in [0.4, 0.5) is 13.2 Å². The van der Waals surface area contributed by atoms with E-state index in [4.69, 9.17) is 0 Å². The maximum Gasteiger partial charge on any atom is 0.416 e. The molecule has 1 atom stereocenters. The van der Waals surface area contributed by atoms with Crippen molar-refractivity contribution in [2.24, 2.45) is 4.99 Å². The van der Waals surface area contributed by atoms with Crippen molar-refractivity contribution < 1.29 is 13.2 Å². The first-order valence-electron chi connectivity index (χ1n) is 8.67. The molecular formula is C21H21F3N2. The Morgan fingerprint density at radius 3 is 2.42 bits per heavy atom. The molecule has 0 fully saturated rings. The number of nitrogens with zero attached hydrogens (tertiary/aromatic N) is 1. The first kappa shape index (κ1) is 18.2. The van der Waals surface area contributed by atoms with Crippen LogP contribution in [0.15, 0.2) is 59.7 Å². The highest BCUT2D eigenvalue weighted by Crippen LogP contribution is 2.33. The van der Waals surface area contributed by atoms with Crippen LogP contribution in [0.25, 0.3) is 5.57 Å². The Hall–Kier alpha value is -2.56. The first-order valence-corrected chi connectivity index (χ1v) is 8.67. The molecule has 0 radical (unpaired) electrons. The zero-order valence-corrected chi connectivity index (χ0v) is 14.8. The second kappa shape index (κ2) is 7.36. The number of halogens is 3. The van der Waals surface area contributed by atoms with Gasteiger partial charge in [0.05, 0.1) is 5.56 Å². The van der Waals surface area contributed by atoms with Gasteiger partial charge in [0.25, 0.3) is 0 Å². The molecule has 2 aromatic rings. The molecule has 136 valence electrons. The summed E-state index contributed by atoms with van der Waals surface area (Å²) in [5, 5.41) is 3.41. The van der Waals surface area contributed by atoms with Crippen LogP contribution < -0.4 is 5.32 Å². The van der Waals surface area contributed by atoms with Crippen molar-refractivity contribution in [3.8, 4) is 0 Å². The van der Waals surface area contributed by atoms with Gasteiger partial charge in [-0.15, -0.1) is 0 Å². The van der Waals surface area contributed by atoms with Crippen molar-refractivity contribution >= 4 is 11.4 Å². The topological polar surface area (TPSA) is 24.4 Å². The molecule has 26 heavy (non-hydrogen) atoms. The minimum absolute atomic E-state index is 0.307. The third kappa shape index (κ3) is 3.98. The molecule has 1 aliphatic rings. The highest BCUT2D eigenvalue weighted by Gasteiger charge is 2.30. The number of hydrogen-bond donors (Lipinski definition) is 1. The molecular weight excluding hydrogens is 337 g/mol. The molecule has 0 saturated carbocycles. The third-order valence-corrected chi connectivity index (χ3v) is 4.56. The Labute approximate surface area is 151 Å². The lowest BCUT2D eigenvalue weighted by molar-refractivity contribution is -0.137. The minimum atomic E-state index is -4.33. The fourth-order valence-corrected chi connectivity index (χ4v) is 2.92. The number of alkyl halides is 3. The number of amidine groups is 1. The molecule has 0 bridgehead atoms. The third-order valence-electron chi connectivity index (χ3n) is 4.56. The van der Waals surface area contributed by atoms with Gasteiger partial charge in [-0.3, -0.25) is 0 Å². The maximum absolute atomic E-state index is 12.8. The standard InChI is InChI=1S/C21H21F3N2/c1-3-14(2)26-20-12-16-6-4-5-7-18(16)19(13-25-20)15-8-10-17(11-9-15)21(22,23)24/h4-11,13-14H,3,12H2,1-2H3,(H,25,26). The van der Waals surface area contributed by atoms with E-state index in [-0.39, 0.29) is 0 Å². The number of nitrogens with one attached hydrogen (secondary N) is 1. The van der Waals surface area contributed by atoms with E-state index < -0.39 is 11.7 Å². The summed E-state index contributed by atoms with van der Waals surface area (Å²) in [5.74, 6) is 0.869. The largest absolute Gasteiger partial charge is 0.416 e. The van der Waals surface area contributed by atoms with Crippen LogP contribution in [-0.2, 0) is 12.6 Å². The fourth-order valence-electron chi connectivity index (χ4n) is 2.92. The van der Waals surface area contributed by atoms with E-state index in [1.807, 2.05) is 24.3 Å². The van der Waals surface area contributed by atoms with Crippen molar-refractivity contribution in [1.29, 1.82) is 0 Å². The van der Waals surface area contributed by atoms with Gasteiger partial charge in [0, 0.05) is 24.2 Å². The summed E-state index contributed by atoms with van der Waals surface area (Å²) < 4.78 is 38.5. The zero-order chi connectivity index (χ0) is 18.7. The van der Waals surface area contributed by atoms with Crippen molar-refractivity contribution in [1.82, 2.24) is 5.32 Å². The number of rotatable bonds is 3. The van der Waals surface area contributed by atoms with Gasteiger partial charge in [-0.25, -0.2) is 4.99 Å². The fraction of sp³-hybridized carbons (Fsp3) is 0.286. The van der Waals surface area contributed by atoms with E-state index in [0.717, 1.165) is 46.7 Å². The monoisotopic (exact) mass is 358 g/mol. The van der Waals surface area contributed by atoms with E-state index in [9.17, 15) is 13.2 Å². The summed E-state index contributed by atoms with van der Waals surface area (Å²) in [5.41, 5.74) is 3.00. The number of fused-ring (bicyclic) bond motifs is 1. The average Bonchev–Trinajstić information content (AvgIpc) is 2.80. The molecule has 1 N–H and O–H groups in total. The van der Waals surface area contributed by atoms with Gasteiger partial charge < -0.3 is 5.32 Å². The average molecular weight is 358 g/mol. The summed E-state index contributed by atoms with van der Waals surface area (Å²) in [6, 6.07) is 13.5. The van der Waals surface area contributed by atoms with Gasteiger partial charge >= 0.3 is 6.18 Å². The molecule has 2 aromatic carbocycles. The smallest absolute Gasteiger partial charge is 0.371 e. The Bertz CT molecular complexity index is 833. The predicted octanol–water partition coefficient (Wildman–Crippen LogP) is 5.44. The first-order chi connectivity index (χ1) is 12.4. The molecule has 1 heterocycles. The Morgan fingerprint density at radius 1 is 1.08 bits per heavy atom. The number of aliphatic imine (C=N–C) groups is 1. The summed E-state index contributed by atoms with van der Waals surface area (Å²) >= 11 is 0. The van der Waals surface area contributed by atoms with Gasteiger partial charge in [-0.1, -0.05) is 43.3 Å². The molecule has 5 heteroatoms. The van der Waals surface area contributed by atoms with Gasteiger partial charge in [-0.05, 0) is 42.2 Å². The molecule has 0 aromatic heterocycles. The molecule has 0 saturated heterocycles. The van der Waals surface area contributed by atoms with Crippen LogP contribution in [0.2, 0.25) is 0 Å². The van der Waals surface area contributed by atoms with E-state index in [1.165, 1.54) is 12.1 Å². The van der Waals surface area contributed by atoms with Crippen LogP contribution in [0.3, 0.4) is 0 Å². The van der Waals surface area contributed by atoms with E-state index in [2.05, 4.69) is 24.2 Å². The molecule has 1 aliphatic heterocycles. The highest BCUT2D eigenvalue weighted by atomic mass is 19.4. The Kier molecular flexibility index (Phi) is 5.16. The quantitative estimate of drug-likeness (QED) is 0.776. The van der Waals surface area contributed by atoms with E-state index in [1.54, 1.807) is 6.20 Å². The maximum atomic E-state index is 12.8. The van der Waals surface area contributed by atoms with Crippen LogP contribution in [-0.4, -0.2) is 11.9 Å². The molecule has 2 nitrogen and oxygen atoms in total. The van der Waals surface area contributed by atoms with E-state index >= 15 is 0 Å². The minimum Gasteiger partial charge on any atom is -0.371 e. The van der Waals surface area contributed by atoms with Crippen molar-refractivity contribution in [2.45, 2.75) is 38.9 Å². The van der Waals surface area contributed by atoms with Crippen LogP contribution >= 0.6 is 0 Å². The van der Waals surface area contributed by atoms with Gasteiger partial charge in [0.15, 0.2) is 0 Å². The summed E-state index contributed by atoms with van der Waals surface area (Å²) in [6.45, 7) is 4.20. The second-order valence-electron chi connectivity index (χ2n) is 6.48. The second-order valence-corrected chi connectivity index (χ2v) is 6.48. The van der Waals surface area contributed by atoms with Crippen molar-refractivity contribution in [2.75, 3.05) is 0 Å². The number of hydrogen-bond acceptors (Lipinski definition) is 2. The molecule has 3 rings (SSSR count). The summed E-state index contributed by atoms with van der Waals surface area (Å²) in [6.07, 6.45) is -0.934. The van der Waals surface area contributed by atoms with Crippen LogP contribution in [0.1, 0.15) is 42.5 Å². The lowest BCUT2D eigenvalue weighted by atomic mass is 9.93. The molecule has 0 aliphatic carbocycles. The molecule has 0 spiro atoms. The normalized spacial score (nSPS) is 15.4. The van der Waals surface area contributed by atoms with E-state index in [0.29, 0.717) is 12.5 Å². The zero-order valence-electron chi connectivity index (χ0n) is 14.8. The predicted molar refractivity (Wildman–Crippen MR) is 99.0 cm³/mol. The van der Waals surface area contributed by atoms with Crippen molar-refractivity contribution in [3.63, 3.8) is 0 Å². The highest BCUT2D eigenvalue weighted by molar-refractivity contribution is 5.92.